The van der Waals surface area contributed by atoms with Gasteiger partial charge in [0.15, 0.2) is 11.5 Å². The highest BCUT2D eigenvalue weighted by molar-refractivity contribution is 7.92. The molecule has 0 saturated heterocycles. The number of amides is 2. The van der Waals surface area contributed by atoms with Crippen molar-refractivity contribution in [2.45, 2.75) is 38.8 Å². The standard InChI is InChI=1S/C25H31Cl2N3O6S/c1-4-21(25(32)28-2)29(16-18-19(26)7-5-8-20(18)27)24(31)9-6-12-30(37(3,33)34)17-10-11-22-23(15-17)36-14-13-35-22/h5,7-8,10-11,15,21H,4,6,9,12-14,16H2,1-3H3,(H,28,32)/t21-/m0/s1. The van der Waals surface area contributed by atoms with Crippen LogP contribution >= 0.6 is 23.2 Å². The Labute approximate surface area is 227 Å². The van der Waals surface area contributed by atoms with Crippen LogP contribution in [0.2, 0.25) is 10.0 Å². The molecule has 0 saturated carbocycles. The van der Waals surface area contributed by atoms with Crippen molar-refractivity contribution in [1.82, 2.24) is 10.2 Å². The summed E-state index contributed by atoms with van der Waals surface area (Å²) in [5, 5.41) is 3.37. The number of fused-ring (bicyclic) bond motifs is 1. The molecule has 3 rings (SSSR count). The molecule has 12 heteroatoms. The normalized spacial score (nSPS) is 13.5. The summed E-state index contributed by atoms with van der Waals surface area (Å²) >= 11 is 12.7. The van der Waals surface area contributed by atoms with Crippen LogP contribution in [0.25, 0.3) is 0 Å². The Morgan fingerprint density at radius 2 is 1.73 bits per heavy atom. The van der Waals surface area contributed by atoms with Gasteiger partial charge in [-0.3, -0.25) is 13.9 Å². The number of sulfonamides is 1. The molecule has 0 spiro atoms. The molecular weight excluding hydrogens is 541 g/mol. The summed E-state index contributed by atoms with van der Waals surface area (Å²) in [5.74, 6) is 0.384. The molecule has 1 N–H and O–H groups in total. The lowest BCUT2D eigenvalue weighted by Crippen LogP contribution is -2.48. The molecule has 0 radical (unpaired) electrons. The molecule has 1 aliphatic rings. The summed E-state index contributed by atoms with van der Waals surface area (Å²) in [6.45, 7) is 2.71. The molecule has 0 aromatic heterocycles. The van der Waals surface area contributed by atoms with Crippen molar-refractivity contribution in [2.24, 2.45) is 0 Å². The maximum absolute atomic E-state index is 13.4. The second-order valence-corrected chi connectivity index (χ2v) is 11.2. The number of ether oxygens (including phenoxy) is 2. The van der Waals surface area contributed by atoms with Crippen molar-refractivity contribution in [3.8, 4) is 11.5 Å². The van der Waals surface area contributed by atoms with Crippen LogP contribution in [0.5, 0.6) is 11.5 Å². The van der Waals surface area contributed by atoms with Crippen molar-refractivity contribution < 1.29 is 27.5 Å². The van der Waals surface area contributed by atoms with E-state index in [1.807, 2.05) is 6.92 Å². The quantitative estimate of drug-likeness (QED) is 0.439. The van der Waals surface area contributed by atoms with Crippen LogP contribution in [0.4, 0.5) is 5.69 Å². The minimum absolute atomic E-state index is 0.00609. The Bertz CT molecular complexity index is 1220. The van der Waals surface area contributed by atoms with Gasteiger partial charge in [-0.2, -0.15) is 0 Å². The Morgan fingerprint density at radius 3 is 2.32 bits per heavy atom. The van der Waals surface area contributed by atoms with E-state index in [0.29, 0.717) is 52.4 Å². The van der Waals surface area contributed by atoms with E-state index in [1.54, 1.807) is 36.4 Å². The van der Waals surface area contributed by atoms with E-state index in [0.717, 1.165) is 6.26 Å². The summed E-state index contributed by atoms with van der Waals surface area (Å²) in [7, 11) is -2.14. The first-order chi connectivity index (χ1) is 17.6. The second kappa shape index (κ2) is 12.7. The van der Waals surface area contributed by atoms with E-state index in [-0.39, 0.29) is 37.7 Å². The Kier molecular flexibility index (Phi) is 9.92. The number of halogens is 2. The molecule has 0 bridgehead atoms. The van der Waals surface area contributed by atoms with Crippen molar-refractivity contribution in [3.05, 3.63) is 52.0 Å². The van der Waals surface area contributed by atoms with Crippen LogP contribution in [0.1, 0.15) is 31.7 Å². The molecule has 2 amide bonds. The molecule has 1 aliphatic heterocycles. The van der Waals surface area contributed by atoms with Gasteiger partial charge in [-0.15, -0.1) is 0 Å². The summed E-state index contributed by atoms with van der Waals surface area (Å²) in [4.78, 5) is 27.4. The summed E-state index contributed by atoms with van der Waals surface area (Å²) in [5.41, 5.74) is 0.950. The molecule has 0 fully saturated rings. The highest BCUT2D eigenvalue weighted by Crippen LogP contribution is 2.35. The van der Waals surface area contributed by atoms with Crippen LogP contribution in [-0.4, -0.2) is 64.2 Å². The van der Waals surface area contributed by atoms with E-state index in [1.165, 1.54) is 16.3 Å². The number of nitrogens with one attached hydrogen (secondary N) is 1. The summed E-state index contributed by atoms with van der Waals surface area (Å²) in [6, 6.07) is 9.22. The molecule has 2 aromatic carbocycles. The minimum Gasteiger partial charge on any atom is -0.486 e. The Balaban J connectivity index is 1.79. The van der Waals surface area contributed by atoms with Gasteiger partial charge >= 0.3 is 0 Å². The number of hydrogen-bond acceptors (Lipinski definition) is 6. The first-order valence-corrected chi connectivity index (χ1v) is 14.5. The number of rotatable bonds is 11. The van der Waals surface area contributed by atoms with Crippen LogP contribution < -0.4 is 19.1 Å². The van der Waals surface area contributed by atoms with Crippen molar-refractivity contribution in [2.75, 3.05) is 37.4 Å². The molecule has 37 heavy (non-hydrogen) atoms. The first-order valence-electron chi connectivity index (χ1n) is 11.9. The van der Waals surface area contributed by atoms with Crippen molar-refractivity contribution in [1.29, 1.82) is 0 Å². The number of nitrogens with zero attached hydrogens (tertiary/aromatic N) is 2. The molecular formula is C25H31Cl2N3O6S. The van der Waals surface area contributed by atoms with Crippen LogP contribution in [0, 0.1) is 0 Å². The van der Waals surface area contributed by atoms with E-state index in [2.05, 4.69) is 5.32 Å². The largest absolute Gasteiger partial charge is 0.486 e. The molecule has 0 aliphatic carbocycles. The van der Waals surface area contributed by atoms with E-state index < -0.39 is 16.1 Å². The smallest absolute Gasteiger partial charge is 0.242 e. The zero-order valence-corrected chi connectivity index (χ0v) is 23.3. The third-order valence-corrected chi connectivity index (χ3v) is 7.89. The van der Waals surface area contributed by atoms with Crippen molar-refractivity contribution in [3.63, 3.8) is 0 Å². The minimum atomic E-state index is -3.65. The second-order valence-electron chi connectivity index (χ2n) is 8.53. The molecule has 202 valence electrons. The van der Waals surface area contributed by atoms with Gasteiger partial charge < -0.3 is 19.7 Å². The molecule has 1 heterocycles. The lowest BCUT2D eigenvalue weighted by Gasteiger charge is -2.31. The first kappa shape index (κ1) is 28.9. The highest BCUT2D eigenvalue weighted by Gasteiger charge is 2.29. The number of carbonyl (C=O) groups excluding carboxylic acids is 2. The van der Waals surface area contributed by atoms with Gasteiger partial charge in [-0.05, 0) is 37.1 Å². The molecule has 0 unspecified atom stereocenters. The SMILES string of the molecule is CC[C@@H](C(=O)NC)N(Cc1c(Cl)cccc1Cl)C(=O)CCCN(c1ccc2c(c1)OCCO2)S(C)(=O)=O. The molecule has 9 nitrogen and oxygen atoms in total. The van der Waals surface area contributed by atoms with E-state index in [4.69, 9.17) is 32.7 Å². The van der Waals surface area contributed by atoms with Gasteiger partial charge in [0.25, 0.3) is 0 Å². The maximum Gasteiger partial charge on any atom is 0.242 e. The fourth-order valence-electron chi connectivity index (χ4n) is 4.13. The lowest BCUT2D eigenvalue weighted by molar-refractivity contribution is -0.141. The maximum atomic E-state index is 13.4. The summed E-state index contributed by atoms with van der Waals surface area (Å²) in [6.07, 6.45) is 1.71. The van der Waals surface area contributed by atoms with E-state index in [9.17, 15) is 18.0 Å². The van der Waals surface area contributed by atoms with Crippen LogP contribution in [0.3, 0.4) is 0 Å². The zero-order chi connectivity index (χ0) is 27.2. The molecule has 2 aromatic rings. The van der Waals surface area contributed by atoms with Gasteiger partial charge in [0.1, 0.15) is 19.3 Å². The fourth-order valence-corrected chi connectivity index (χ4v) is 5.61. The third-order valence-electron chi connectivity index (χ3n) is 5.99. The van der Waals surface area contributed by atoms with Crippen LogP contribution in [0.15, 0.2) is 36.4 Å². The zero-order valence-electron chi connectivity index (χ0n) is 21.0. The Hall–Kier alpha value is -2.69. The number of benzene rings is 2. The monoisotopic (exact) mass is 571 g/mol. The number of hydrogen-bond donors (Lipinski definition) is 1. The number of carbonyl (C=O) groups is 2. The van der Waals surface area contributed by atoms with Gasteiger partial charge in [-0.1, -0.05) is 36.2 Å². The van der Waals surface area contributed by atoms with Crippen LogP contribution in [-0.2, 0) is 26.2 Å². The number of anilines is 1. The predicted molar refractivity (Wildman–Crippen MR) is 144 cm³/mol. The van der Waals surface area contributed by atoms with Gasteiger partial charge in [0.2, 0.25) is 21.8 Å². The third kappa shape index (κ3) is 7.21. The van der Waals surface area contributed by atoms with Gasteiger partial charge in [-0.25, -0.2) is 8.42 Å². The molecule has 1 atom stereocenters. The highest BCUT2D eigenvalue weighted by atomic mass is 35.5. The topological polar surface area (TPSA) is 105 Å². The fraction of sp³-hybridized carbons (Fsp3) is 0.440. The number of likely N-dealkylation sites (N-methyl/N-ethyl adjacent to an activating group) is 1. The van der Waals surface area contributed by atoms with Gasteiger partial charge in [0, 0.05) is 48.2 Å². The van der Waals surface area contributed by atoms with Gasteiger partial charge in [0.05, 0.1) is 11.9 Å². The average molecular weight is 573 g/mol. The predicted octanol–water partition coefficient (Wildman–Crippen LogP) is 3.86. The lowest BCUT2D eigenvalue weighted by atomic mass is 10.1. The Morgan fingerprint density at radius 1 is 1.08 bits per heavy atom. The summed E-state index contributed by atoms with van der Waals surface area (Å²) < 4.78 is 37.5. The average Bonchev–Trinajstić information content (AvgIpc) is 2.86. The van der Waals surface area contributed by atoms with Crippen molar-refractivity contribution >= 4 is 50.7 Å². The van der Waals surface area contributed by atoms with E-state index >= 15 is 0 Å².